The molecular formula is C23H46O4. The van der Waals surface area contributed by atoms with Crippen LogP contribution in [0.15, 0.2) is 0 Å². The Morgan fingerprint density at radius 2 is 0.778 bits per heavy atom. The molecule has 1 atom stereocenters. The van der Waals surface area contributed by atoms with E-state index >= 15 is 0 Å². The maximum Gasteiger partial charge on any atom is 0.332 e. The summed E-state index contributed by atoms with van der Waals surface area (Å²) >= 11 is 0. The monoisotopic (exact) mass is 386 g/mol. The van der Waals surface area contributed by atoms with Crippen LogP contribution in [-0.2, 0) is 4.79 Å². The lowest BCUT2D eigenvalue weighted by molar-refractivity contribution is -0.146. The summed E-state index contributed by atoms with van der Waals surface area (Å²) in [6.45, 7) is 0.349. The first-order valence-electron chi connectivity index (χ1n) is 11.7. The summed E-state index contributed by atoms with van der Waals surface area (Å²) in [6, 6.07) is 0. The van der Waals surface area contributed by atoms with Gasteiger partial charge in [0.15, 0.2) is 6.10 Å². The van der Waals surface area contributed by atoms with Crippen molar-refractivity contribution in [1.82, 2.24) is 0 Å². The molecule has 1 unspecified atom stereocenters. The predicted molar refractivity (Wildman–Crippen MR) is 113 cm³/mol. The quantitative estimate of drug-likeness (QED) is 0.193. The molecule has 0 radical (unpaired) electrons. The topological polar surface area (TPSA) is 77.8 Å². The molecule has 0 aromatic rings. The van der Waals surface area contributed by atoms with Crippen LogP contribution in [0, 0.1) is 0 Å². The zero-order valence-electron chi connectivity index (χ0n) is 17.7. The van der Waals surface area contributed by atoms with Crippen LogP contribution in [0.1, 0.15) is 128 Å². The van der Waals surface area contributed by atoms with Gasteiger partial charge in [-0.15, -0.1) is 0 Å². The lowest BCUT2D eigenvalue weighted by atomic mass is 10.0. The molecule has 0 fully saturated rings. The van der Waals surface area contributed by atoms with E-state index in [0.717, 1.165) is 25.7 Å². The van der Waals surface area contributed by atoms with E-state index in [1.165, 1.54) is 96.3 Å². The van der Waals surface area contributed by atoms with Gasteiger partial charge in [0.1, 0.15) is 0 Å². The molecule has 0 bridgehead atoms. The lowest BCUT2D eigenvalue weighted by Gasteiger charge is -2.05. The Balaban J connectivity index is 3.04. The summed E-state index contributed by atoms with van der Waals surface area (Å²) in [5, 5.41) is 26.5. The molecule has 0 aromatic heterocycles. The van der Waals surface area contributed by atoms with E-state index in [2.05, 4.69) is 0 Å². The molecule has 27 heavy (non-hydrogen) atoms. The summed E-state index contributed by atoms with van der Waals surface area (Å²) in [5.41, 5.74) is 0. The molecule has 0 rings (SSSR count). The molecule has 4 heteroatoms. The number of aliphatic hydroxyl groups is 2. The molecule has 0 spiro atoms. The van der Waals surface area contributed by atoms with Crippen LogP contribution in [0.5, 0.6) is 0 Å². The standard InChI is InChI=1S/C23H46O4/c24-21-19-17-15-13-11-9-7-5-3-1-2-4-6-8-10-12-14-16-18-20-22(25)23(26)27/h22,24-25H,1-21H2,(H,26,27). The molecular weight excluding hydrogens is 340 g/mol. The predicted octanol–water partition coefficient (Wildman–Crippen LogP) is 6.23. The highest BCUT2D eigenvalue weighted by Gasteiger charge is 2.11. The minimum atomic E-state index is -1.17. The van der Waals surface area contributed by atoms with Gasteiger partial charge >= 0.3 is 5.97 Å². The Labute approximate surface area is 167 Å². The number of carboxylic acid groups (broad SMARTS) is 1. The largest absolute Gasteiger partial charge is 0.479 e. The second-order valence-electron chi connectivity index (χ2n) is 8.08. The van der Waals surface area contributed by atoms with Crippen LogP contribution < -0.4 is 0 Å². The van der Waals surface area contributed by atoms with Gasteiger partial charge in [0, 0.05) is 6.61 Å². The van der Waals surface area contributed by atoms with E-state index in [1.54, 1.807) is 0 Å². The fourth-order valence-corrected chi connectivity index (χ4v) is 3.58. The van der Waals surface area contributed by atoms with Crippen molar-refractivity contribution in [2.24, 2.45) is 0 Å². The highest BCUT2D eigenvalue weighted by Crippen LogP contribution is 2.15. The highest BCUT2D eigenvalue weighted by molar-refractivity contribution is 5.71. The van der Waals surface area contributed by atoms with Gasteiger partial charge in [-0.2, -0.15) is 0 Å². The Kier molecular flexibility index (Phi) is 21.2. The molecule has 0 aliphatic carbocycles. The second-order valence-corrected chi connectivity index (χ2v) is 8.08. The number of hydrogen-bond acceptors (Lipinski definition) is 3. The summed E-state index contributed by atoms with van der Waals surface area (Å²) in [4.78, 5) is 10.5. The third-order valence-corrected chi connectivity index (χ3v) is 5.42. The number of unbranched alkanes of at least 4 members (excludes halogenated alkanes) is 18. The number of aliphatic hydroxyl groups excluding tert-OH is 2. The summed E-state index contributed by atoms with van der Waals surface area (Å²) in [7, 11) is 0. The van der Waals surface area contributed by atoms with Crippen LogP contribution in [0.4, 0.5) is 0 Å². The fourth-order valence-electron chi connectivity index (χ4n) is 3.58. The summed E-state index contributed by atoms with van der Waals surface area (Å²) in [5.74, 6) is -1.10. The van der Waals surface area contributed by atoms with Crippen molar-refractivity contribution >= 4 is 5.97 Å². The van der Waals surface area contributed by atoms with Gasteiger partial charge in [0.2, 0.25) is 0 Å². The van der Waals surface area contributed by atoms with Crippen LogP contribution in [0.25, 0.3) is 0 Å². The van der Waals surface area contributed by atoms with Crippen LogP contribution >= 0.6 is 0 Å². The molecule has 162 valence electrons. The number of carboxylic acids is 1. The average molecular weight is 387 g/mol. The molecule has 4 nitrogen and oxygen atoms in total. The normalized spacial score (nSPS) is 12.4. The van der Waals surface area contributed by atoms with Gasteiger partial charge in [0.05, 0.1) is 0 Å². The minimum absolute atomic E-state index is 0.349. The van der Waals surface area contributed by atoms with E-state index in [0.29, 0.717) is 13.0 Å². The number of hydrogen-bond donors (Lipinski definition) is 3. The summed E-state index contributed by atoms with van der Waals surface area (Å²) < 4.78 is 0. The molecule has 0 aliphatic rings. The van der Waals surface area contributed by atoms with Crippen molar-refractivity contribution in [3.8, 4) is 0 Å². The molecule has 0 aromatic carbocycles. The minimum Gasteiger partial charge on any atom is -0.479 e. The van der Waals surface area contributed by atoms with Gasteiger partial charge in [-0.3, -0.25) is 0 Å². The smallest absolute Gasteiger partial charge is 0.332 e. The Morgan fingerprint density at radius 1 is 0.519 bits per heavy atom. The van der Waals surface area contributed by atoms with Crippen molar-refractivity contribution in [2.45, 2.75) is 135 Å². The van der Waals surface area contributed by atoms with E-state index in [1.807, 2.05) is 0 Å². The third-order valence-electron chi connectivity index (χ3n) is 5.42. The molecule has 3 N–H and O–H groups in total. The van der Waals surface area contributed by atoms with Gasteiger partial charge in [-0.1, -0.05) is 116 Å². The number of rotatable bonds is 22. The zero-order valence-corrected chi connectivity index (χ0v) is 17.7. The van der Waals surface area contributed by atoms with E-state index in [9.17, 15) is 9.90 Å². The molecule has 0 heterocycles. The average Bonchev–Trinajstić information content (AvgIpc) is 2.66. The zero-order chi connectivity index (χ0) is 20.0. The lowest BCUT2D eigenvalue weighted by Crippen LogP contribution is -2.18. The molecule has 0 saturated heterocycles. The van der Waals surface area contributed by atoms with E-state index in [-0.39, 0.29) is 0 Å². The SMILES string of the molecule is O=C(O)C(O)CCCCCCCCCCCCCCCCCCCCCO. The highest BCUT2D eigenvalue weighted by atomic mass is 16.4. The van der Waals surface area contributed by atoms with E-state index in [4.69, 9.17) is 10.2 Å². The van der Waals surface area contributed by atoms with Gasteiger partial charge in [-0.25, -0.2) is 4.79 Å². The first kappa shape index (κ1) is 26.4. The molecule has 0 saturated carbocycles. The van der Waals surface area contributed by atoms with Crippen molar-refractivity contribution in [1.29, 1.82) is 0 Å². The Bertz CT molecular complexity index is 307. The van der Waals surface area contributed by atoms with Gasteiger partial charge in [0.25, 0.3) is 0 Å². The number of aliphatic carboxylic acids is 1. The van der Waals surface area contributed by atoms with Crippen LogP contribution in [0.2, 0.25) is 0 Å². The first-order chi connectivity index (χ1) is 13.2. The maximum atomic E-state index is 10.5. The van der Waals surface area contributed by atoms with Crippen molar-refractivity contribution in [3.63, 3.8) is 0 Å². The van der Waals surface area contributed by atoms with Crippen LogP contribution in [-0.4, -0.2) is 34.0 Å². The first-order valence-corrected chi connectivity index (χ1v) is 11.7. The molecule has 0 aliphatic heterocycles. The van der Waals surface area contributed by atoms with Gasteiger partial charge in [-0.05, 0) is 12.8 Å². The van der Waals surface area contributed by atoms with E-state index < -0.39 is 12.1 Å². The fraction of sp³-hybridized carbons (Fsp3) is 0.957. The van der Waals surface area contributed by atoms with Crippen molar-refractivity contribution < 1.29 is 20.1 Å². The van der Waals surface area contributed by atoms with Crippen LogP contribution in [0.3, 0.4) is 0 Å². The Morgan fingerprint density at radius 3 is 1.04 bits per heavy atom. The third kappa shape index (κ3) is 21.5. The van der Waals surface area contributed by atoms with Gasteiger partial charge < -0.3 is 15.3 Å². The van der Waals surface area contributed by atoms with Crippen molar-refractivity contribution in [2.75, 3.05) is 6.61 Å². The Hall–Kier alpha value is -0.610. The molecule has 0 amide bonds. The second kappa shape index (κ2) is 21.7. The maximum absolute atomic E-state index is 10.5. The summed E-state index contributed by atoms with van der Waals surface area (Å²) in [6.07, 6.45) is 23.3. The number of carbonyl (C=O) groups is 1. The van der Waals surface area contributed by atoms with Crippen molar-refractivity contribution in [3.05, 3.63) is 0 Å².